The number of phenolic OH excluding ortho intramolecular Hbond substituents is 1. The maximum Gasteiger partial charge on any atom is 0.121 e. The van der Waals surface area contributed by atoms with Gasteiger partial charge in [0.05, 0.1) is 0 Å². The van der Waals surface area contributed by atoms with E-state index in [1.165, 1.54) is 4.90 Å². The second-order valence-corrected chi connectivity index (χ2v) is 5.75. The number of phenols is 1. The molecule has 3 heteroatoms. The van der Waals surface area contributed by atoms with Crippen LogP contribution in [0.15, 0.2) is 65.6 Å². The van der Waals surface area contributed by atoms with Crippen LogP contribution in [0.2, 0.25) is 0 Å². The molecule has 2 nitrogen and oxygen atoms in total. The van der Waals surface area contributed by atoms with Crippen molar-refractivity contribution >= 4 is 28.2 Å². The molecule has 0 spiro atoms. The third kappa shape index (κ3) is 2.98. The van der Waals surface area contributed by atoms with Crippen LogP contribution < -0.4 is 5.32 Å². The predicted molar refractivity (Wildman–Crippen MR) is 91.2 cm³/mol. The highest BCUT2D eigenvalue weighted by molar-refractivity contribution is 7.98. The molecule has 0 saturated carbocycles. The summed E-state index contributed by atoms with van der Waals surface area (Å²) in [6, 6.07) is 20.1. The minimum absolute atomic E-state index is 0.335. The van der Waals surface area contributed by atoms with Crippen LogP contribution in [0.3, 0.4) is 0 Å². The van der Waals surface area contributed by atoms with E-state index >= 15 is 0 Å². The molecule has 3 aromatic carbocycles. The largest absolute Gasteiger partial charge is 0.508 e. The molecule has 0 aliphatic rings. The molecule has 0 bridgehead atoms. The number of nitrogens with one attached hydrogen (secondary N) is 1. The standard InChI is InChI=1S/C18H17NOS/c1-21-15-9-7-14(8-10-15)19-12-17-16-5-3-2-4-13(16)6-11-18(17)20/h2-11,19-20H,12H2,1H3. The number of aromatic hydroxyl groups is 1. The van der Waals surface area contributed by atoms with Gasteiger partial charge in [0.15, 0.2) is 0 Å². The number of anilines is 1. The van der Waals surface area contributed by atoms with Gasteiger partial charge in [0.25, 0.3) is 0 Å². The molecule has 0 saturated heterocycles. The summed E-state index contributed by atoms with van der Waals surface area (Å²) in [7, 11) is 0. The molecular weight excluding hydrogens is 278 g/mol. The van der Waals surface area contributed by atoms with Crippen LogP contribution in [0.4, 0.5) is 5.69 Å². The second kappa shape index (κ2) is 6.10. The van der Waals surface area contributed by atoms with Crippen LogP contribution in [-0.2, 0) is 6.54 Å². The third-order valence-corrected chi connectivity index (χ3v) is 4.32. The predicted octanol–water partition coefficient (Wildman–Crippen LogP) is 4.88. The van der Waals surface area contributed by atoms with E-state index in [0.29, 0.717) is 12.3 Å². The second-order valence-electron chi connectivity index (χ2n) is 4.87. The van der Waals surface area contributed by atoms with Crippen LogP contribution >= 0.6 is 11.8 Å². The van der Waals surface area contributed by atoms with Crippen LogP contribution in [0.5, 0.6) is 5.75 Å². The molecule has 2 N–H and O–H groups in total. The Morgan fingerprint density at radius 1 is 0.952 bits per heavy atom. The Balaban J connectivity index is 1.85. The van der Waals surface area contributed by atoms with Crippen molar-refractivity contribution < 1.29 is 5.11 Å². The zero-order chi connectivity index (χ0) is 14.7. The van der Waals surface area contributed by atoms with Crippen LogP contribution in [0.1, 0.15) is 5.56 Å². The fourth-order valence-corrected chi connectivity index (χ4v) is 2.82. The number of hydrogen-bond acceptors (Lipinski definition) is 3. The van der Waals surface area contributed by atoms with Gasteiger partial charge < -0.3 is 10.4 Å². The first-order valence-corrected chi connectivity index (χ1v) is 8.08. The quantitative estimate of drug-likeness (QED) is 0.673. The number of benzene rings is 3. The zero-order valence-electron chi connectivity index (χ0n) is 11.8. The van der Waals surface area contributed by atoms with Gasteiger partial charge in [-0.05, 0) is 47.4 Å². The van der Waals surface area contributed by atoms with Gasteiger partial charge in [0, 0.05) is 22.7 Å². The van der Waals surface area contributed by atoms with Crippen LogP contribution in [0, 0.1) is 0 Å². The molecule has 0 atom stereocenters. The molecule has 106 valence electrons. The SMILES string of the molecule is CSc1ccc(NCc2c(O)ccc3ccccc23)cc1. The van der Waals surface area contributed by atoms with Gasteiger partial charge in [-0.25, -0.2) is 0 Å². The maximum absolute atomic E-state index is 10.1. The number of fused-ring (bicyclic) bond motifs is 1. The summed E-state index contributed by atoms with van der Waals surface area (Å²) in [6.45, 7) is 0.603. The van der Waals surface area contributed by atoms with E-state index in [0.717, 1.165) is 22.0 Å². The van der Waals surface area contributed by atoms with Crippen molar-refractivity contribution in [2.45, 2.75) is 11.4 Å². The van der Waals surface area contributed by atoms with Crippen molar-refractivity contribution in [2.75, 3.05) is 11.6 Å². The van der Waals surface area contributed by atoms with Crippen LogP contribution in [-0.4, -0.2) is 11.4 Å². The molecule has 0 heterocycles. The Kier molecular flexibility index (Phi) is 4.02. The molecule has 3 aromatic rings. The van der Waals surface area contributed by atoms with Gasteiger partial charge in [-0.1, -0.05) is 30.3 Å². The highest BCUT2D eigenvalue weighted by Gasteiger charge is 2.06. The third-order valence-electron chi connectivity index (χ3n) is 3.58. The Morgan fingerprint density at radius 2 is 1.71 bits per heavy atom. The molecule has 0 aliphatic carbocycles. The lowest BCUT2D eigenvalue weighted by Gasteiger charge is -2.11. The van der Waals surface area contributed by atoms with Crippen molar-refractivity contribution in [1.29, 1.82) is 0 Å². The molecule has 0 radical (unpaired) electrons. The van der Waals surface area contributed by atoms with E-state index in [-0.39, 0.29) is 0 Å². The van der Waals surface area contributed by atoms with Gasteiger partial charge in [0.2, 0.25) is 0 Å². The van der Waals surface area contributed by atoms with Gasteiger partial charge in [-0.15, -0.1) is 11.8 Å². The first kappa shape index (κ1) is 13.8. The minimum Gasteiger partial charge on any atom is -0.508 e. The molecule has 0 aromatic heterocycles. The molecule has 3 rings (SSSR count). The number of rotatable bonds is 4. The van der Waals surface area contributed by atoms with Crippen molar-refractivity contribution in [3.63, 3.8) is 0 Å². The van der Waals surface area contributed by atoms with Crippen molar-refractivity contribution in [2.24, 2.45) is 0 Å². The summed E-state index contributed by atoms with van der Waals surface area (Å²) in [5.41, 5.74) is 1.99. The number of thioether (sulfide) groups is 1. The Labute approximate surface area is 128 Å². The lowest BCUT2D eigenvalue weighted by molar-refractivity contribution is 0.470. The lowest BCUT2D eigenvalue weighted by Crippen LogP contribution is -2.00. The van der Waals surface area contributed by atoms with Gasteiger partial charge in [-0.3, -0.25) is 0 Å². The molecule has 0 amide bonds. The molecule has 0 unspecified atom stereocenters. The van der Waals surface area contributed by atoms with Gasteiger partial charge in [-0.2, -0.15) is 0 Å². The van der Waals surface area contributed by atoms with Gasteiger partial charge in [0.1, 0.15) is 5.75 Å². The number of hydrogen-bond donors (Lipinski definition) is 2. The fourth-order valence-electron chi connectivity index (χ4n) is 2.41. The summed E-state index contributed by atoms with van der Waals surface area (Å²) in [4.78, 5) is 1.24. The summed E-state index contributed by atoms with van der Waals surface area (Å²) in [5.74, 6) is 0.335. The Bertz CT molecular complexity index is 753. The maximum atomic E-state index is 10.1. The molecular formula is C18H17NOS. The summed E-state index contributed by atoms with van der Waals surface area (Å²) in [6.07, 6.45) is 2.07. The van der Waals surface area contributed by atoms with Crippen LogP contribution in [0.25, 0.3) is 10.8 Å². The topological polar surface area (TPSA) is 32.3 Å². The Morgan fingerprint density at radius 3 is 2.48 bits per heavy atom. The van der Waals surface area contributed by atoms with Crippen molar-refractivity contribution in [1.82, 2.24) is 0 Å². The lowest BCUT2D eigenvalue weighted by atomic mass is 10.0. The van der Waals surface area contributed by atoms with E-state index in [9.17, 15) is 5.11 Å². The van der Waals surface area contributed by atoms with Crippen molar-refractivity contribution in [3.8, 4) is 5.75 Å². The fraction of sp³-hybridized carbons (Fsp3) is 0.111. The normalized spacial score (nSPS) is 10.7. The zero-order valence-corrected chi connectivity index (χ0v) is 12.7. The van der Waals surface area contributed by atoms with E-state index in [4.69, 9.17) is 0 Å². The molecule has 0 fully saturated rings. The van der Waals surface area contributed by atoms with E-state index < -0.39 is 0 Å². The summed E-state index contributed by atoms with van der Waals surface area (Å²) >= 11 is 1.73. The summed E-state index contributed by atoms with van der Waals surface area (Å²) < 4.78 is 0. The van der Waals surface area contributed by atoms with Gasteiger partial charge >= 0.3 is 0 Å². The monoisotopic (exact) mass is 295 g/mol. The van der Waals surface area contributed by atoms with E-state index in [1.807, 2.05) is 24.3 Å². The Hall–Kier alpha value is -2.13. The highest BCUT2D eigenvalue weighted by Crippen LogP contribution is 2.28. The van der Waals surface area contributed by atoms with E-state index in [1.54, 1.807) is 17.8 Å². The summed E-state index contributed by atoms with van der Waals surface area (Å²) in [5, 5.41) is 15.7. The molecule has 21 heavy (non-hydrogen) atoms. The smallest absolute Gasteiger partial charge is 0.121 e. The first-order chi connectivity index (χ1) is 10.3. The molecule has 0 aliphatic heterocycles. The minimum atomic E-state index is 0.335. The van der Waals surface area contributed by atoms with E-state index in [2.05, 4.69) is 41.9 Å². The first-order valence-electron chi connectivity index (χ1n) is 6.85. The average Bonchev–Trinajstić information content (AvgIpc) is 2.54. The van der Waals surface area contributed by atoms with Crippen molar-refractivity contribution in [3.05, 3.63) is 66.2 Å². The average molecular weight is 295 g/mol. The highest BCUT2D eigenvalue weighted by atomic mass is 32.2.